The Morgan fingerprint density at radius 2 is 0.969 bits per heavy atom. The van der Waals surface area contributed by atoms with Crippen LogP contribution in [-0.4, -0.2) is 92.9 Å². The molecular weight excluding hydrogens is 848 g/mol. The molecule has 11 heteroatoms. The molecule has 346 valence electrons. The summed E-state index contributed by atoms with van der Waals surface area (Å²) in [5.41, 5.74) is 15.2. The number of rotatable bonds is 28. The van der Waals surface area contributed by atoms with Crippen LogP contribution in [0.1, 0.15) is 111 Å². The molecule has 0 aromatic heterocycles. The van der Waals surface area contributed by atoms with E-state index in [-0.39, 0.29) is 40.4 Å². The van der Waals surface area contributed by atoms with Gasteiger partial charge in [0.1, 0.15) is 0 Å². The molecule has 1 unspecified atom stereocenters. The molecule has 0 saturated carbocycles. The van der Waals surface area contributed by atoms with Crippen LogP contribution < -0.4 is 29.6 Å². The average molecular weight is 919 g/mol. The molecule has 0 heterocycles. The third kappa shape index (κ3) is 14.4. The molecule has 65 heavy (non-hydrogen) atoms. The van der Waals surface area contributed by atoms with E-state index in [2.05, 4.69) is 106 Å². The predicted molar refractivity (Wildman–Crippen MR) is 258 cm³/mol. The number of unbranched alkanes of at least 4 members (excludes halogenated alkanes) is 3. The molecular formula is C54H69NaO9S. The fraction of sp³-hybridized carbons (Fsp3) is 0.463. The summed E-state index contributed by atoms with van der Waals surface area (Å²) < 4.78 is 67.4. The van der Waals surface area contributed by atoms with E-state index in [4.69, 9.17) is 42.4 Å². The van der Waals surface area contributed by atoms with Crippen LogP contribution in [0.4, 0.5) is 0 Å². The van der Waals surface area contributed by atoms with Crippen molar-refractivity contribution in [1.29, 1.82) is 0 Å². The van der Waals surface area contributed by atoms with Crippen molar-refractivity contribution in [1.82, 2.24) is 0 Å². The van der Waals surface area contributed by atoms with Crippen LogP contribution in [0.25, 0.3) is 40.5 Å². The molecule has 1 atom stereocenters. The van der Waals surface area contributed by atoms with Gasteiger partial charge in [0.05, 0.1) is 54.2 Å². The Kier molecular flexibility index (Phi) is 22.8. The van der Waals surface area contributed by atoms with Crippen LogP contribution >= 0.6 is 0 Å². The van der Waals surface area contributed by atoms with Gasteiger partial charge in [-0.2, -0.15) is 6.42 Å². The first-order valence-corrected chi connectivity index (χ1v) is 23.8. The number of methoxy groups -OCH3 is 2. The van der Waals surface area contributed by atoms with Crippen LogP contribution in [0.3, 0.4) is 0 Å². The Hall–Kier alpha value is -3.26. The van der Waals surface area contributed by atoms with Crippen LogP contribution in [0.5, 0.6) is 0 Å². The SMILES string of the molecule is O=S(=O)=O.[3H]C=Cc1ccc2c(c1)C(CCOCCOCCOC)(CCOCCOCCOC)c1cc(/C=C/c3ccc4c(c3)C(CCC[CH2-])(CCCCC)c3cc(C)ccc3-4)ccc1-2.[Na+]. The standard InChI is InChI=1S/C54H69O6.Na.O3S/c1-7-10-12-24-53(23-11-8-2)49-37-41(4)13-19-45(49)47-21-17-43(39-51(47)53)14-15-44-18-22-48-46-20-16-42(9-3)38-50(46)54(52(48)40-44,25-27-57-33-35-59-31-29-55-5)26-28-58-34-36-60-32-30-56-6;;1-4(2)3/h9,13-22,37-40H,2-3,7-8,10-12,23-36H2,1,4-6H3;;/q-1;+1;/b15-14+;;/i3T;;/b9-3?,15-14+;;. The second-order valence-corrected chi connectivity index (χ2v) is 17.1. The minimum Gasteiger partial charge on any atom is -0.382 e. The summed E-state index contributed by atoms with van der Waals surface area (Å²) in [7, 11) is 0.250. The molecule has 0 spiro atoms. The second-order valence-electron chi connectivity index (χ2n) is 16.7. The number of aryl methyl sites for hydroxylation is 1. The fourth-order valence-corrected chi connectivity index (χ4v) is 9.51. The normalized spacial score (nSPS) is 15.5. The maximum atomic E-state index is 8.44. The monoisotopic (exact) mass is 918 g/mol. The molecule has 0 aliphatic heterocycles. The predicted octanol–water partition coefficient (Wildman–Crippen LogP) is 8.07. The van der Waals surface area contributed by atoms with Gasteiger partial charge in [-0.1, -0.05) is 136 Å². The fourth-order valence-electron chi connectivity index (χ4n) is 9.51. The van der Waals surface area contributed by atoms with Gasteiger partial charge in [-0.3, -0.25) is 0 Å². The molecule has 2 aliphatic rings. The van der Waals surface area contributed by atoms with E-state index in [1.807, 2.05) is 6.08 Å². The minimum absolute atomic E-state index is 0. The zero-order chi connectivity index (χ0) is 46.5. The van der Waals surface area contributed by atoms with Gasteiger partial charge in [-0.25, -0.2) is 0 Å². The molecule has 0 amide bonds. The molecule has 0 fully saturated rings. The molecule has 6 rings (SSSR count). The molecule has 0 radical (unpaired) electrons. The van der Waals surface area contributed by atoms with Crippen molar-refractivity contribution in [3.8, 4) is 22.3 Å². The Balaban J connectivity index is 0.00000183. The Morgan fingerprint density at radius 1 is 0.569 bits per heavy atom. The quantitative estimate of drug-likeness (QED) is 0.0242. The van der Waals surface area contributed by atoms with E-state index in [9.17, 15) is 0 Å². The molecule has 0 saturated heterocycles. The van der Waals surface area contributed by atoms with E-state index in [0.29, 0.717) is 66.1 Å². The van der Waals surface area contributed by atoms with Gasteiger partial charge in [-0.05, 0) is 93.8 Å². The van der Waals surface area contributed by atoms with Gasteiger partial charge >= 0.3 is 40.2 Å². The smallest absolute Gasteiger partial charge is 0.382 e. The number of benzene rings is 4. The molecule has 9 nitrogen and oxygen atoms in total. The van der Waals surface area contributed by atoms with E-state index in [1.54, 1.807) is 14.2 Å². The van der Waals surface area contributed by atoms with E-state index < -0.39 is 10.6 Å². The van der Waals surface area contributed by atoms with Crippen molar-refractivity contribution in [3.63, 3.8) is 0 Å². The molecule has 0 bridgehead atoms. The van der Waals surface area contributed by atoms with Crippen molar-refractivity contribution < 1.29 is 72.0 Å². The second kappa shape index (κ2) is 28.2. The first-order valence-electron chi connectivity index (χ1n) is 23.4. The van der Waals surface area contributed by atoms with Crippen molar-refractivity contribution in [2.24, 2.45) is 0 Å². The number of ether oxygens (including phenoxy) is 6. The van der Waals surface area contributed by atoms with Crippen LogP contribution in [0.15, 0.2) is 79.4 Å². The summed E-state index contributed by atoms with van der Waals surface area (Å²) in [5.74, 6) is 0. The Morgan fingerprint density at radius 3 is 1.43 bits per heavy atom. The topological polar surface area (TPSA) is 107 Å². The van der Waals surface area contributed by atoms with E-state index in [1.165, 1.54) is 87.9 Å². The summed E-state index contributed by atoms with van der Waals surface area (Å²) in [6, 6.07) is 27.8. The van der Waals surface area contributed by atoms with Crippen LogP contribution in [0.2, 0.25) is 0 Å². The molecule has 4 aromatic rings. The maximum absolute atomic E-state index is 8.44. The molecule has 2 aliphatic carbocycles. The van der Waals surface area contributed by atoms with Crippen LogP contribution in [-0.2, 0) is 49.9 Å². The van der Waals surface area contributed by atoms with Crippen molar-refractivity contribution in [2.45, 2.75) is 82.5 Å². The summed E-state index contributed by atoms with van der Waals surface area (Å²) in [4.78, 5) is 0. The Bertz CT molecular complexity index is 2270. The largest absolute Gasteiger partial charge is 1.00 e. The number of fused-ring (bicyclic) bond motifs is 6. The van der Waals surface area contributed by atoms with E-state index in [0.717, 1.165) is 43.2 Å². The number of hydrogen-bond acceptors (Lipinski definition) is 9. The minimum atomic E-state index is -3.11. The van der Waals surface area contributed by atoms with Crippen molar-refractivity contribution in [3.05, 3.63) is 131 Å². The molecule has 4 aromatic carbocycles. The van der Waals surface area contributed by atoms with Gasteiger partial charge in [0.2, 0.25) is 0 Å². The first kappa shape index (κ1) is 52.7. The zero-order valence-electron chi connectivity index (χ0n) is 40.5. The van der Waals surface area contributed by atoms with Gasteiger partial charge < -0.3 is 35.3 Å². The third-order valence-corrected chi connectivity index (χ3v) is 12.6. The van der Waals surface area contributed by atoms with Gasteiger partial charge in [-0.15, -0.1) is 12.6 Å². The summed E-state index contributed by atoms with van der Waals surface area (Å²) >= 11 is 0. The van der Waals surface area contributed by atoms with E-state index >= 15 is 0 Å². The summed E-state index contributed by atoms with van der Waals surface area (Å²) in [6.45, 7) is 15.6. The van der Waals surface area contributed by atoms with Crippen molar-refractivity contribution >= 4 is 28.8 Å². The summed E-state index contributed by atoms with van der Waals surface area (Å²) in [6.07, 6.45) is 16.0. The summed E-state index contributed by atoms with van der Waals surface area (Å²) in [5, 5.41) is 0. The Labute approximate surface area is 414 Å². The van der Waals surface area contributed by atoms with Gasteiger partial charge in [0.25, 0.3) is 0 Å². The third-order valence-electron chi connectivity index (χ3n) is 12.6. The van der Waals surface area contributed by atoms with Gasteiger partial charge in [0.15, 0.2) is 0 Å². The first-order chi connectivity index (χ1) is 31.7. The van der Waals surface area contributed by atoms with Crippen molar-refractivity contribution in [2.75, 3.05) is 80.3 Å². The zero-order valence-corrected chi connectivity index (χ0v) is 42.3. The van der Waals surface area contributed by atoms with Gasteiger partial charge in [0, 0.05) is 38.3 Å². The molecule has 0 N–H and O–H groups in total. The number of hydrogen-bond donors (Lipinski definition) is 0. The maximum Gasteiger partial charge on any atom is 1.00 e. The average Bonchev–Trinajstić information content (AvgIpc) is 3.71. The van der Waals surface area contributed by atoms with Crippen LogP contribution in [0, 0.1) is 13.8 Å².